The molecule has 1 aromatic heterocycles. The Kier molecular flexibility index (Phi) is 2.65. The van der Waals surface area contributed by atoms with Crippen molar-refractivity contribution >= 4 is 17.4 Å². The highest BCUT2D eigenvalue weighted by atomic mass is 35.5. The highest BCUT2D eigenvalue weighted by molar-refractivity contribution is 6.28. The predicted octanol–water partition coefficient (Wildman–Crippen LogP) is 1.73. The number of anilines is 1. The molecule has 0 radical (unpaired) electrons. The van der Waals surface area contributed by atoms with Crippen LogP contribution in [0.3, 0.4) is 0 Å². The van der Waals surface area contributed by atoms with Crippen molar-refractivity contribution in [3.8, 4) is 0 Å². The number of halogens is 1. The first-order valence-electron chi connectivity index (χ1n) is 3.47. The molecule has 11 heavy (non-hydrogen) atoms. The maximum atomic E-state index is 5.65. The van der Waals surface area contributed by atoms with Gasteiger partial charge in [0.1, 0.15) is 5.82 Å². The second kappa shape index (κ2) is 3.53. The average Bonchev–Trinajstić information content (AvgIpc) is 2.03. The van der Waals surface area contributed by atoms with Gasteiger partial charge in [-0.05, 0) is 18.0 Å². The molecule has 3 nitrogen and oxygen atoms in total. The highest BCUT2D eigenvalue weighted by Crippen LogP contribution is 2.09. The smallest absolute Gasteiger partial charge is 0.224 e. The summed E-state index contributed by atoms with van der Waals surface area (Å²) in [7, 11) is 1.80. The molecule has 1 N–H and O–H groups in total. The van der Waals surface area contributed by atoms with E-state index in [1.54, 1.807) is 7.05 Å². The minimum Gasteiger partial charge on any atom is -0.373 e. The van der Waals surface area contributed by atoms with Crippen LogP contribution in [0.15, 0.2) is 6.07 Å². The van der Waals surface area contributed by atoms with E-state index < -0.39 is 0 Å². The van der Waals surface area contributed by atoms with E-state index in [0.717, 1.165) is 17.9 Å². The lowest BCUT2D eigenvalue weighted by Gasteiger charge is -2.01. The number of nitrogens with zero attached hydrogens (tertiary/aromatic N) is 2. The van der Waals surface area contributed by atoms with Gasteiger partial charge in [0, 0.05) is 18.8 Å². The van der Waals surface area contributed by atoms with Crippen LogP contribution in [0.4, 0.5) is 5.82 Å². The van der Waals surface area contributed by atoms with Crippen molar-refractivity contribution < 1.29 is 0 Å². The lowest BCUT2D eigenvalue weighted by molar-refractivity contribution is 0.999. The van der Waals surface area contributed by atoms with Crippen LogP contribution in [-0.2, 0) is 6.42 Å². The van der Waals surface area contributed by atoms with Crippen LogP contribution in [-0.4, -0.2) is 17.0 Å². The van der Waals surface area contributed by atoms with E-state index in [4.69, 9.17) is 11.6 Å². The third-order valence-corrected chi connectivity index (χ3v) is 1.54. The zero-order valence-corrected chi connectivity index (χ0v) is 7.31. The first kappa shape index (κ1) is 8.27. The minimum absolute atomic E-state index is 0.300. The average molecular weight is 172 g/mol. The molecular formula is C7H10ClN3. The Bertz CT molecular complexity index is 227. The van der Waals surface area contributed by atoms with Crippen molar-refractivity contribution in [2.24, 2.45) is 0 Å². The van der Waals surface area contributed by atoms with Crippen molar-refractivity contribution in [1.29, 1.82) is 0 Å². The van der Waals surface area contributed by atoms with Gasteiger partial charge in [-0.1, -0.05) is 6.92 Å². The summed E-state index contributed by atoms with van der Waals surface area (Å²) >= 11 is 5.65. The molecule has 0 saturated carbocycles. The largest absolute Gasteiger partial charge is 0.373 e. The third-order valence-electron chi connectivity index (χ3n) is 1.37. The van der Waals surface area contributed by atoms with Gasteiger partial charge in [0.05, 0.1) is 0 Å². The summed E-state index contributed by atoms with van der Waals surface area (Å²) < 4.78 is 0. The maximum absolute atomic E-state index is 5.65. The fourth-order valence-corrected chi connectivity index (χ4v) is 0.974. The van der Waals surface area contributed by atoms with Gasteiger partial charge in [0.15, 0.2) is 0 Å². The monoisotopic (exact) mass is 171 g/mol. The summed E-state index contributed by atoms with van der Waals surface area (Å²) in [6.45, 7) is 2.03. The van der Waals surface area contributed by atoms with Gasteiger partial charge >= 0.3 is 0 Å². The number of rotatable bonds is 2. The molecule has 0 aromatic carbocycles. The molecule has 0 aliphatic heterocycles. The molecule has 0 unspecified atom stereocenters. The number of aromatic nitrogens is 2. The number of hydrogen-bond donors (Lipinski definition) is 1. The molecular weight excluding hydrogens is 162 g/mol. The number of hydrogen-bond acceptors (Lipinski definition) is 3. The summed E-state index contributed by atoms with van der Waals surface area (Å²) in [5.41, 5.74) is 0.953. The van der Waals surface area contributed by atoms with Crippen LogP contribution in [0.25, 0.3) is 0 Å². The molecule has 4 heteroatoms. The molecule has 0 atom stereocenters. The van der Waals surface area contributed by atoms with E-state index in [2.05, 4.69) is 15.3 Å². The molecule has 0 saturated heterocycles. The van der Waals surface area contributed by atoms with Gasteiger partial charge < -0.3 is 5.32 Å². The molecule has 1 rings (SSSR count). The summed E-state index contributed by atoms with van der Waals surface area (Å²) in [6, 6.07) is 1.88. The van der Waals surface area contributed by atoms with Crippen LogP contribution in [0.2, 0.25) is 5.28 Å². The number of aryl methyl sites for hydroxylation is 1. The first-order valence-corrected chi connectivity index (χ1v) is 3.85. The fourth-order valence-electron chi connectivity index (χ4n) is 0.774. The van der Waals surface area contributed by atoms with Crippen molar-refractivity contribution in [3.05, 3.63) is 17.0 Å². The lowest BCUT2D eigenvalue weighted by Crippen LogP contribution is -1.97. The van der Waals surface area contributed by atoms with E-state index in [1.807, 2.05) is 13.0 Å². The van der Waals surface area contributed by atoms with Crippen molar-refractivity contribution in [2.45, 2.75) is 13.3 Å². The Morgan fingerprint density at radius 1 is 1.55 bits per heavy atom. The summed E-state index contributed by atoms with van der Waals surface area (Å²) in [5.74, 6) is 0.766. The van der Waals surface area contributed by atoms with Crippen molar-refractivity contribution in [2.75, 3.05) is 12.4 Å². The highest BCUT2D eigenvalue weighted by Gasteiger charge is 1.98. The Morgan fingerprint density at radius 3 is 2.82 bits per heavy atom. The maximum Gasteiger partial charge on any atom is 0.224 e. The molecule has 0 amide bonds. The van der Waals surface area contributed by atoms with E-state index in [1.165, 1.54) is 0 Å². The molecule has 60 valence electrons. The van der Waals surface area contributed by atoms with Gasteiger partial charge in [0.25, 0.3) is 0 Å². The van der Waals surface area contributed by atoms with Gasteiger partial charge in [-0.15, -0.1) is 0 Å². The van der Waals surface area contributed by atoms with Crippen LogP contribution in [0.5, 0.6) is 0 Å². The van der Waals surface area contributed by atoms with Crippen LogP contribution in [0.1, 0.15) is 12.6 Å². The molecule has 1 heterocycles. The summed E-state index contributed by atoms with van der Waals surface area (Å²) in [6.07, 6.45) is 0.872. The Labute approximate surface area is 70.8 Å². The second-order valence-electron chi connectivity index (χ2n) is 2.12. The van der Waals surface area contributed by atoms with E-state index in [0.29, 0.717) is 5.28 Å². The molecule has 1 aromatic rings. The molecule has 0 aliphatic carbocycles. The molecule has 0 bridgehead atoms. The normalized spacial score (nSPS) is 9.73. The standard InChI is InChI=1S/C7H10ClN3/c1-3-5-4-6(9-2)11-7(8)10-5/h4H,3H2,1-2H3,(H,9,10,11). The van der Waals surface area contributed by atoms with Crippen LogP contribution >= 0.6 is 11.6 Å². The lowest BCUT2D eigenvalue weighted by atomic mass is 10.3. The second-order valence-corrected chi connectivity index (χ2v) is 2.46. The van der Waals surface area contributed by atoms with E-state index >= 15 is 0 Å². The van der Waals surface area contributed by atoms with Gasteiger partial charge in [0.2, 0.25) is 5.28 Å². The molecule has 0 fully saturated rings. The van der Waals surface area contributed by atoms with Crippen molar-refractivity contribution in [1.82, 2.24) is 9.97 Å². The predicted molar refractivity (Wildman–Crippen MR) is 46.0 cm³/mol. The Balaban J connectivity index is 3.02. The van der Waals surface area contributed by atoms with Crippen molar-refractivity contribution in [3.63, 3.8) is 0 Å². The SMILES string of the molecule is CCc1cc(NC)nc(Cl)n1. The zero-order valence-electron chi connectivity index (χ0n) is 6.56. The Morgan fingerprint density at radius 2 is 2.27 bits per heavy atom. The van der Waals surface area contributed by atoms with Gasteiger partial charge in [-0.3, -0.25) is 0 Å². The third kappa shape index (κ3) is 2.05. The van der Waals surface area contributed by atoms with Gasteiger partial charge in [-0.2, -0.15) is 0 Å². The fraction of sp³-hybridized carbons (Fsp3) is 0.429. The minimum atomic E-state index is 0.300. The first-order chi connectivity index (χ1) is 5.26. The Hall–Kier alpha value is -0.830. The summed E-state index contributed by atoms with van der Waals surface area (Å²) in [5, 5.41) is 3.21. The zero-order chi connectivity index (χ0) is 8.27. The van der Waals surface area contributed by atoms with Crippen LogP contribution < -0.4 is 5.32 Å². The van der Waals surface area contributed by atoms with Crippen LogP contribution in [0, 0.1) is 0 Å². The quantitative estimate of drug-likeness (QED) is 0.689. The molecule has 0 aliphatic rings. The molecule has 0 spiro atoms. The van der Waals surface area contributed by atoms with E-state index in [9.17, 15) is 0 Å². The number of nitrogens with one attached hydrogen (secondary N) is 1. The van der Waals surface area contributed by atoms with Gasteiger partial charge in [-0.25, -0.2) is 9.97 Å². The van der Waals surface area contributed by atoms with E-state index in [-0.39, 0.29) is 0 Å². The summed E-state index contributed by atoms with van der Waals surface area (Å²) in [4.78, 5) is 7.96. The topological polar surface area (TPSA) is 37.8 Å².